The third-order valence-corrected chi connectivity index (χ3v) is 5.03. The molecule has 1 aromatic carbocycles. The smallest absolute Gasteiger partial charge is 0.326 e. The van der Waals surface area contributed by atoms with Crippen LogP contribution in [0.3, 0.4) is 0 Å². The van der Waals surface area contributed by atoms with Crippen molar-refractivity contribution in [1.29, 1.82) is 0 Å². The summed E-state index contributed by atoms with van der Waals surface area (Å²) in [6, 6.07) is 3.48. The van der Waals surface area contributed by atoms with E-state index in [1.807, 2.05) is 24.3 Å². The van der Waals surface area contributed by atoms with Crippen molar-refractivity contribution in [3.05, 3.63) is 36.0 Å². The predicted molar refractivity (Wildman–Crippen MR) is 124 cm³/mol. The van der Waals surface area contributed by atoms with Gasteiger partial charge in [0.05, 0.1) is 12.5 Å². The molecule has 0 aliphatic carbocycles. The van der Waals surface area contributed by atoms with Crippen LogP contribution in [-0.2, 0) is 25.6 Å². The van der Waals surface area contributed by atoms with E-state index in [1.54, 1.807) is 6.20 Å². The number of nitrogens with two attached hydrogens (primary N) is 3. The van der Waals surface area contributed by atoms with Crippen LogP contribution in [0.1, 0.15) is 24.8 Å². The maximum Gasteiger partial charge on any atom is 0.326 e. The quantitative estimate of drug-likeness (QED) is 0.0965. The predicted octanol–water partition coefficient (Wildman–Crippen LogP) is -1.38. The number of guanidine groups is 1. The molecular formula is C21H29N7O6. The van der Waals surface area contributed by atoms with Gasteiger partial charge < -0.3 is 43.0 Å². The SMILES string of the molecule is NC(N)=NCCCC(N)C(=O)NC(Cc1c[nH]c2ccccc12)C(=O)NC(CC(=O)O)C(=O)O. The summed E-state index contributed by atoms with van der Waals surface area (Å²) in [5.74, 6) is -4.46. The van der Waals surface area contributed by atoms with Gasteiger partial charge in [-0.15, -0.1) is 0 Å². The Morgan fingerprint density at radius 3 is 2.35 bits per heavy atom. The molecule has 3 unspecified atom stereocenters. The number of aliphatic carboxylic acids is 2. The number of carboxylic acid groups (broad SMARTS) is 2. The Labute approximate surface area is 194 Å². The highest BCUT2D eigenvalue weighted by molar-refractivity contribution is 5.93. The highest BCUT2D eigenvalue weighted by Crippen LogP contribution is 2.19. The van der Waals surface area contributed by atoms with Crippen LogP contribution in [0.4, 0.5) is 0 Å². The normalized spacial score (nSPS) is 13.4. The second-order valence-corrected chi connectivity index (χ2v) is 7.68. The molecule has 1 aromatic heterocycles. The third kappa shape index (κ3) is 7.78. The van der Waals surface area contributed by atoms with E-state index in [1.165, 1.54) is 0 Å². The number of amides is 2. The van der Waals surface area contributed by atoms with Crippen molar-refractivity contribution in [3.63, 3.8) is 0 Å². The summed E-state index contributed by atoms with van der Waals surface area (Å²) in [7, 11) is 0. The largest absolute Gasteiger partial charge is 0.481 e. The maximum atomic E-state index is 12.9. The van der Waals surface area contributed by atoms with E-state index in [0.29, 0.717) is 12.0 Å². The zero-order chi connectivity index (χ0) is 25.3. The number of H-pyrrole nitrogens is 1. The van der Waals surface area contributed by atoms with Crippen LogP contribution in [0.25, 0.3) is 10.9 Å². The van der Waals surface area contributed by atoms with E-state index < -0.39 is 48.3 Å². The number of aliphatic imine (C=N–C) groups is 1. The number of aromatic nitrogens is 1. The molecule has 0 fully saturated rings. The molecule has 3 atom stereocenters. The molecule has 13 heteroatoms. The fraction of sp³-hybridized carbons (Fsp3) is 0.381. The number of hydrogen-bond donors (Lipinski definition) is 8. The van der Waals surface area contributed by atoms with Crippen molar-refractivity contribution >= 4 is 40.6 Å². The maximum absolute atomic E-state index is 12.9. The average molecular weight is 476 g/mol. The minimum absolute atomic E-state index is 0.0156. The number of carbonyl (C=O) groups excluding carboxylic acids is 2. The molecule has 1 heterocycles. The van der Waals surface area contributed by atoms with E-state index >= 15 is 0 Å². The van der Waals surface area contributed by atoms with Crippen LogP contribution in [0.5, 0.6) is 0 Å². The summed E-state index contributed by atoms with van der Waals surface area (Å²) >= 11 is 0. The van der Waals surface area contributed by atoms with Gasteiger partial charge in [0.2, 0.25) is 11.8 Å². The monoisotopic (exact) mass is 475 g/mol. The molecule has 0 spiro atoms. The summed E-state index contributed by atoms with van der Waals surface area (Å²) in [4.78, 5) is 54.8. The first-order valence-corrected chi connectivity index (χ1v) is 10.5. The summed E-state index contributed by atoms with van der Waals surface area (Å²) in [5.41, 5.74) is 17.9. The van der Waals surface area contributed by atoms with Gasteiger partial charge in [-0.25, -0.2) is 4.79 Å². The number of carboxylic acids is 2. The Morgan fingerprint density at radius 1 is 1.03 bits per heavy atom. The van der Waals surface area contributed by atoms with Gasteiger partial charge in [-0.2, -0.15) is 0 Å². The molecule has 0 aliphatic rings. The van der Waals surface area contributed by atoms with Gasteiger partial charge in [-0.1, -0.05) is 18.2 Å². The van der Waals surface area contributed by atoms with E-state index in [4.69, 9.17) is 22.3 Å². The number of carbonyl (C=O) groups is 4. The second-order valence-electron chi connectivity index (χ2n) is 7.68. The van der Waals surface area contributed by atoms with E-state index in [2.05, 4.69) is 20.6 Å². The molecule has 2 aromatic rings. The summed E-state index contributed by atoms with van der Waals surface area (Å²) in [6.07, 6.45) is 1.53. The molecular weight excluding hydrogens is 446 g/mol. The minimum Gasteiger partial charge on any atom is -0.481 e. The molecule has 0 radical (unpaired) electrons. The first-order chi connectivity index (χ1) is 16.1. The average Bonchev–Trinajstić information content (AvgIpc) is 3.17. The molecule has 2 rings (SSSR count). The lowest BCUT2D eigenvalue weighted by Crippen LogP contribution is -2.55. The van der Waals surface area contributed by atoms with Crippen molar-refractivity contribution in [2.24, 2.45) is 22.2 Å². The molecule has 184 valence electrons. The van der Waals surface area contributed by atoms with Crippen LogP contribution in [-0.4, -0.2) is 69.6 Å². The number of benzene rings is 1. The highest BCUT2D eigenvalue weighted by Gasteiger charge is 2.30. The third-order valence-electron chi connectivity index (χ3n) is 5.03. The molecule has 13 nitrogen and oxygen atoms in total. The lowest BCUT2D eigenvalue weighted by Gasteiger charge is -2.22. The lowest BCUT2D eigenvalue weighted by atomic mass is 10.0. The second kappa shape index (κ2) is 12.2. The Morgan fingerprint density at radius 2 is 1.71 bits per heavy atom. The van der Waals surface area contributed by atoms with Crippen LogP contribution < -0.4 is 27.8 Å². The Kier molecular flexibility index (Phi) is 9.38. The Hall–Kier alpha value is -4.13. The fourth-order valence-electron chi connectivity index (χ4n) is 3.31. The number of nitrogens with one attached hydrogen (secondary N) is 3. The summed E-state index contributed by atoms with van der Waals surface area (Å²) in [5, 5.41) is 23.8. The van der Waals surface area contributed by atoms with Gasteiger partial charge in [0, 0.05) is 30.1 Å². The number of nitrogens with zero attached hydrogens (tertiary/aromatic N) is 1. The first kappa shape index (κ1) is 26.1. The molecule has 2 amide bonds. The molecule has 34 heavy (non-hydrogen) atoms. The Balaban J connectivity index is 2.18. The molecule has 11 N–H and O–H groups in total. The fourth-order valence-corrected chi connectivity index (χ4v) is 3.31. The molecule has 0 aliphatic heterocycles. The number of aromatic amines is 1. The zero-order valence-corrected chi connectivity index (χ0v) is 18.4. The van der Waals surface area contributed by atoms with Crippen LogP contribution in [0.2, 0.25) is 0 Å². The van der Waals surface area contributed by atoms with Gasteiger partial charge in [0.15, 0.2) is 5.96 Å². The van der Waals surface area contributed by atoms with E-state index in [-0.39, 0.29) is 25.3 Å². The molecule has 0 saturated heterocycles. The van der Waals surface area contributed by atoms with Gasteiger partial charge in [-0.3, -0.25) is 19.4 Å². The van der Waals surface area contributed by atoms with Crippen molar-refractivity contribution < 1.29 is 29.4 Å². The first-order valence-electron chi connectivity index (χ1n) is 10.5. The van der Waals surface area contributed by atoms with Gasteiger partial charge in [-0.05, 0) is 24.5 Å². The standard InChI is InChI=1S/C21H29N7O6/c22-13(5-3-7-25-21(23)24)18(31)27-15(19(32)28-16(20(33)34)9-17(29)30)8-11-10-26-14-6-2-1-4-12(11)14/h1-2,4,6,10,13,15-16,26H,3,5,7-9,22H2,(H,27,31)(H,28,32)(H,29,30)(H,33,34)(H4,23,24,25). The van der Waals surface area contributed by atoms with Crippen molar-refractivity contribution in [2.45, 2.75) is 43.8 Å². The van der Waals surface area contributed by atoms with E-state index in [9.17, 15) is 24.3 Å². The minimum atomic E-state index is -1.67. The van der Waals surface area contributed by atoms with Gasteiger partial charge >= 0.3 is 11.9 Å². The number of fused-ring (bicyclic) bond motifs is 1. The van der Waals surface area contributed by atoms with Gasteiger partial charge in [0.25, 0.3) is 0 Å². The van der Waals surface area contributed by atoms with Crippen molar-refractivity contribution in [2.75, 3.05) is 6.54 Å². The number of rotatable bonds is 13. The summed E-state index contributed by atoms with van der Waals surface area (Å²) < 4.78 is 0. The number of hydrogen-bond acceptors (Lipinski definition) is 6. The van der Waals surface area contributed by atoms with Crippen LogP contribution in [0.15, 0.2) is 35.5 Å². The van der Waals surface area contributed by atoms with Crippen LogP contribution in [0, 0.1) is 0 Å². The Bertz CT molecular complexity index is 1060. The van der Waals surface area contributed by atoms with E-state index in [0.717, 1.165) is 10.9 Å². The summed E-state index contributed by atoms with van der Waals surface area (Å²) in [6.45, 7) is 0.276. The molecule has 0 saturated carbocycles. The van der Waals surface area contributed by atoms with Crippen LogP contribution >= 0.6 is 0 Å². The topological polar surface area (TPSA) is 239 Å². The highest BCUT2D eigenvalue weighted by atomic mass is 16.4. The zero-order valence-electron chi connectivity index (χ0n) is 18.4. The van der Waals surface area contributed by atoms with Gasteiger partial charge in [0.1, 0.15) is 12.1 Å². The lowest BCUT2D eigenvalue weighted by molar-refractivity contribution is -0.147. The van der Waals surface area contributed by atoms with Crippen molar-refractivity contribution in [1.82, 2.24) is 15.6 Å². The number of para-hydroxylation sites is 1. The van der Waals surface area contributed by atoms with Crippen molar-refractivity contribution in [3.8, 4) is 0 Å². The molecule has 0 bridgehead atoms.